The molecule has 0 radical (unpaired) electrons. The maximum absolute atomic E-state index is 12.6. The van der Waals surface area contributed by atoms with Crippen molar-refractivity contribution in [3.8, 4) is 0 Å². The average Bonchev–Trinajstić information content (AvgIpc) is 2.68. The first-order chi connectivity index (χ1) is 14.5. The van der Waals surface area contributed by atoms with Gasteiger partial charge in [-0.05, 0) is 36.2 Å². The topological polar surface area (TPSA) is 55.8 Å². The highest BCUT2D eigenvalue weighted by Crippen LogP contribution is 2.37. The van der Waals surface area contributed by atoms with Gasteiger partial charge in [-0.2, -0.15) is 0 Å². The van der Waals surface area contributed by atoms with Crippen LogP contribution in [0.3, 0.4) is 0 Å². The van der Waals surface area contributed by atoms with E-state index in [0.29, 0.717) is 0 Å². The summed E-state index contributed by atoms with van der Waals surface area (Å²) in [4.78, 5) is 26.5. The van der Waals surface area contributed by atoms with Gasteiger partial charge in [0.2, 0.25) is 0 Å². The van der Waals surface area contributed by atoms with E-state index in [-0.39, 0.29) is 24.0 Å². The monoisotopic (exact) mass is 439 g/mol. The number of ether oxygens (including phenoxy) is 1. The number of hydrogen-bond donors (Lipinski definition) is 0. The Kier molecular flexibility index (Phi) is 6.44. The fourth-order valence-corrected chi connectivity index (χ4v) is 8.67. The predicted octanol–water partition coefficient (Wildman–Crippen LogP) is 3.75. The molecular formula is C25H33NO4Si. The highest BCUT2D eigenvalue weighted by atomic mass is 28.4. The van der Waals surface area contributed by atoms with E-state index in [2.05, 4.69) is 45.0 Å². The lowest BCUT2D eigenvalue weighted by atomic mass is 10.0. The van der Waals surface area contributed by atoms with Crippen LogP contribution in [-0.2, 0) is 14.0 Å². The van der Waals surface area contributed by atoms with Crippen LogP contribution in [0.1, 0.15) is 41.5 Å². The number of nitrogens with zero attached hydrogens (tertiary/aromatic N) is 1. The molecule has 2 aromatic rings. The first-order valence-electron chi connectivity index (χ1n) is 10.7. The maximum atomic E-state index is 12.6. The number of rotatable bonds is 5. The standard InChI is InChI=1S/C25H33NO4Si/c1-24(2,3)30-23(28)26-17-22(27)21(26)18-29-31(25(4,5)6,19-13-9-7-10-14-19)20-15-11-8-12-16-20/h7-16,21H,17-18H2,1-6H3/t21-/m1/s1. The molecule has 6 heteroatoms. The van der Waals surface area contributed by atoms with Crippen molar-refractivity contribution in [3.05, 3.63) is 60.7 Å². The van der Waals surface area contributed by atoms with Crippen molar-refractivity contribution < 1.29 is 18.8 Å². The molecule has 1 fully saturated rings. The van der Waals surface area contributed by atoms with E-state index in [0.717, 1.165) is 10.4 Å². The molecule has 0 aliphatic carbocycles. The van der Waals surface area contributed by atoms with E-state index in [4.69, 9.17) is 9.16 Å². The lowest BCUT2D eigenvalue weighted by molar-refractivity contribution is -0.137. The van der Waals surface area contributed by atoms with Gasteiger partial charge in [0.25, 0.3) is 8.32 Å². The molecule has 0 N–H and O–H groups in total. The Hall–Kier alpha value is -2.44. The van der Waals surface area contributed by atoms with Gasteiger partial charge < -0.3 is 9.16 Å². The molecule has 5 nitrogen and oxygen atoms in total. The van der Waals surface area contributed by atoms with Crippen LogP contribution in [0.2, 0.25) is 5.04 Å². The molecule has 1 saturated heterocycles. The number of Topliss-reactive ketones (excluding diaryl/α,β-unsaturated/α-hetero) is 1. The largest absolute Gasteiger partial charge is 0.444 e. The van der Waals surface area contributed by atoms with Gasteiger partial charge in [0.15, 0.2) is 5.78 Å². The van der Waals surface area contributed by atoms with Gasteiger partial charge in [-0.15, -0.1) is 0 Å². The van der Waals surface area contributed by atoms with E-state index in [1.165, 1.54) is 4.90 Å². The number of carbonyl (C=O) groups excluding carboxylic acids is 2. The second kappa shape index (κ2) is 8.59. The number of ketones is 1. The number of amides is 1. The smallest absolute Gasteiger partial charge is 0.411 e. The van der Waals surface area contributed by atoms with Crippen LogP contribution in [-0.4, -0.2) is 49.9 Å². The Morgan fingerprint density at radius 3 is 1.81 bits per heavy atom. The molecule has 1 atom stereocenters. The van der Waals surface area contributed by atoms with Crippen molar-refractivity contribution >= 4 is 30.6 Å². The maximum Gasteiger partial charge on any atom is 0.411 e. The number of hydrogen-bond acceptors (Lipinski definition) is 4. The van der Waals surface area contributed by atoms with Crippen LogP contribution >= 0.6 is 0 Å². The van der Waals surface area contributed by atoms with Crippen LogP contribution in [0.15, 0.2) is 60.7 Å². The minimum absolute atomic E-state index is 0.00351. The number of carbonyl (C=O) groups is 2. The van der Waals surface area contributed by atoms with Gasteiger partial charge in [-0.1, -0.05) is 81.4 Å². The lowest BCUT2D eigenvalue weighted by Crippen LogP contribution is -2.69. The van der Waals surface area contributed by atoms with E-state index in [1.54, 1.807) is 0 Å². The van der Waals surface area contributed by atoms with E-state index >= 15 is 0 Å². The van der Waals surface area contributed by atoms with Gasteiger partial charge >= 0.3 is 6.09 Å². The van der Waals surface area contributed by atoms with Crippen LogP contribution in [0.5, 0.6) is 0 Å². The van der Waals surface area contributed by atoms with Crippen molar-refractivity contribution in [2.45, 2.75) is 58.2 Å². The molecule has 3 rings (SSSR count). The molecule has 0 spiro atoms. The van der Waals surface area contributed by atoms with Gasteiger partial charge in [-0.25, -0.2) is 4.79 Å². The fourth-order valence-electron chi connectivity index (χ4n) is 4.11. The van der Waals surface area contributed by atoms with Crippen molar-refractivity contribution in [2.75, 3.05) is 13.2 Å². The summed E-state index contributed by atoms with van der Waals surface area (Å²) in [5, 5.41) is 2.09. The van der Waals surface area contributed by atoms with Gasteiger partial charge in [0.05, 0.1) is 13.2 Å². The third-order valence-electron chi connectivity index (χ3n) is 5.58. The van der Waals surface area contributed by atoms with Crippen molar-refractivity contribution in [2.24, 2.45) is 0 Å². The van der Waals surface area contributed by atoms with Gasteiger partial charge in [0, 0.05) is 0 Å². The molecule has 1 amide bonds. The summed E-state index contributed by atoms with van der Waals surface area (Å²) in [5.41, 5.74) is -0.612. The third-order valence-corrected chi connectivity index (χ3v) is 10.6. The van der Waals surface area contributed by atoms with E-state index in [1.807, 2.05) is 57.2 Å². The summed E-state index contributed by atoms with van der Waals surface area (Å²) in [6, 6.07) is 19.9. The lowest BCUT2D eigenvalue weighted by Gasteiger charge is -2.46. The van der Waals surface area contributed by atoms with E-state index in [9.17, 15) is 9.59 Å². The first-order valence-corrected chi connectivity index (χ1v) is 12.6. The summed E-state index contributed by atoms with van der Waals surface area (Å²) < 4.78 is 12.3. The third kappa shape index (κ3) is 4.75. The minimum atomic E-state index is -2.77. The van der Waals surface area contributed by atoms with Gasteiger partial charge in [-0.3, -0.25) is 9.69 Å². The molecule has 1 aliphatic heterocycles. The van der Waals surface area contributed by atoms with Crippen molar-refractivity contribution in [1.82, 2.24) is 4.90 Å². The highest BCUT2D eigenvalue weighted by molar-refractivity contribution is 6.99. The second-order valence-corrected chi connectivity index (χ2v) is 14.4. The van der Waals surface area contributed by atoms with E-state index < -0.39 is 26.1 Å². The fraction of sp³-hybridized carbons (Fsp3) is 0.440. The quantitative estimate of drug-likeness (QED) is 0.666. The highest BCUT2D eigenvalue weighted by Gasteiger charge is 2.52. The first kappa shape index (κ1) is 23.2. The summed E-state index contributed by atoms with van der Waals surface area (Å²) in [7, 11) is -2.77. The molecule has 1 aliphatic rings. The Labute approximate surface area is 186 Å². The van der Waals surface area contributed by atoms with Gasteiger partial charge in [0.1, 0.15) is 11.6 Å². The van der Waals surface area contributed by atoms with Crippen LogP contribution in [0, 0.1) is 0 Å². The molecule has 0 saturated carbocycles. The molecule has 31 heavy (non-hydrogen) atoms. The van der Waals surface area contributed by atoms with Crippen molar-refractivity contribution in [3.63, 3.8) is 0 Å². The Morgan fingerprint density at radius 2 is 1.42 bits per heavy atom. The minimum Gasteiger partial charge on any atom is -0.444 e. The van der Waals surface area contributed by atoms with Crippen LogP contribution < -0.4 is 10.4 Å². The zero-order chi connectivity index (χ0) is 22.9. The SMILES string of the molecule is CC(C)(C)OC(=O)N1CC(=O)[C@H]1CO[Si](c1ccccc1)(c1ccccc1)C(C)(C)C. The van der Waals surface area contributed by atoms with Crippen LogP contribution in [0.4, 0.5) is 4.79 Å². The molecule has 2 aromatic carbocycles. The summed E-state index contributed by atoms with van der Waals surface area (Å²) in [6.45, 7) is 12.3. The molecular weight excluding hydrogens is 406 g/mol. The summed E-state index contributed by atoms with van der Waals surface area (Å²) in [5.74, 6) is 0.00351. The average molecular weight is 440 g/mol. The Balaban J connectivity index is 1.95. The zero-order valence-corrected chi connectivity index (χ0v) is 20.3. The number of benzene rings is 2. The number of likely N-dealkylation sites (tertiary alicyclic amines) is 1. The summed E-state index contributed by atoms with van der Waals surface area (Å²) in [6.07, 6.45) is -0.469. The van der Waals surface area contributed by atoms with Crippen LogP contribution in [0.25, 0.3) is 0 Å². The summed E-state index contributed by atoms with van der Waals surface area (Å²) >= 11 is 0. The molecule has 0 unspecified atom stereocenters. The molecule has 0 aromatic heterocycles. The molecule has 1 heterocycles. The Bertz CT molecular complexity index is 877. The molecule has 166 valence electrons. The zero-order valence-electron chi connectivity index (χ0n) is 19.3. The molecule has 0 bridgehead atoms. The van der Waals surface area contributed by atoms with Crippen molar-refractivity contribution in [1.29, 1.82) is 0 Å². The normalized spacial score (nSPS) is 17.3. The predicted molar refractivity (Wildman–Crippen MR) is 125 cm³/mol. The second-order valence-electron chi connectivity index (χ2n) is 10.1. The Morgan fingerprint density at radius 1 is 0.935 bits per heavy atom.